The largest absolute Gasteiger partial charge is 0.492 e. The van der Waals surface area contributed by atoms with E-state index in [0.29, 0.717) is 24.0 Å². The molecule has 7 heteroatoms. The van der Waals surface area contributed by atoms with Crippen LogP contribution in [0.2, 0.25) is 5.02 Å². The van der Waals surface area contributed by atoms with Crippen LogP contribution in [-0.2, 0) is 21.3 Å². The molecule has 1 fully saturated rings. The van der Waals surface area contributed by atoms with Crippen molar-refractivity contribution in [3.05, 3.63) is 28.8 Å². The Labute approximate surface area is 137 Å². The molecule has 1 aliphatic rings. The molecular weight excluding hydrogens is 326 g/mol. The van der Waals surface area contributed by atoms with Gasteiger partial charge in [-0.1, -0.05) is 17.7 Å². The summed E-state index contributed by atoms with van der Waals surface area (Å²) in [5.74, 6) is 0.615. The van der Waals surface area contributed by atoms with Crippen LogP contribution in [0.15, 0.2) is 18.2 Å². The number of ether oxygens (including phenoxy) is 2. The van der Waals surface area contributed by atoms with Crippen LogP contribution in [0.1, 0.15) is 31.7 Å². The van der Waals surface area contributed by atoms with E-state index >= 15 is 0 Å². The molecule has 1 aromatic rings. The Morgan fingerprint density at radius 2 is 2.23 bits per heavy atom. The number of rotatable bonds is 7. The summed E-state index contributed by atoms with van der Waals surface area (Å²) >= 11 is 6.09. The third-order valence-electron chi connectivity index (χ3n) is 3.47. The normalized spacial score (nSPS) is 19.1. The molecule has 1 N–H and O–H groups in total. The number of hydrogen-bond acceptors (Lipinski definition) is 4. The van der Waals surface area contributed by atoms with Gasteiger partial charge in [-0.2, -0.15) is 0 Å². The lowest BCUT2D eigenvalue weighted by molar-refractivity contribution is 0.0304. The number of sulfonamides is 1. The van der Waals surface area contributed by atoms with Crippen LogP contribution >= 0.6 is 11.6 Å². The molecular formula is C15H22ClNO4S. The molecule has 1 heterocycles. The van der Waals surface area contributed by atoms with Crippen molar-refractivity contribution in [1.82, 2.24) is 4.72 Å². The van der Waals surface area contributed by atoms with E-state index in [1.54, 1.807) is 18.2 Å². The van der Waals surface area contributed by atoms with E-state index in [4.69, 9.17) is 21.1 Å². The fourth-order valence-electron chi connectivity index (χ4n) is 2.36. The smallest absolute Gasteiger partial charge is 0.214 e. The number of halogens is 1. The van der Waals surface area contributed by atoms with Gasteiger partial charge in [-0.15, -0.1) is 0 Å². The highest BCUT2D eigenvalue weighted by atomic mass is 35.5. The van der Waals surface area contributed by atoms with Gasteiger partial charge in [0.2, 0.25) is 10.0 Å². The molecule has 1 aliphatic heterocycles. The van der Waals surface area contributed by atoms with Crippen LogP contribution in [-0.4, -0.2) is 33.5 Å². The maximum atomic E-state index is 12.1. The van der Waals surface area contributed by atoms with E-state index in [2.05, 4.69) is 4.72 Å². The minimum absolute atomic E-state index is 0.0117. The maximum absolute atomic E-state index is 12.1. The van der Waals surface area contributed by atoms with Gasteiger partial charge in [-0.05, 0) is 43.9 Å². The van der Waals surface area contributed by atoms with Crippen LogP contribution in [0.3, 0.4) is 0 Å². The lowest BCUT2D eigenvalue weighted by Gasteiger charge is -2.22. The molecule has 1 aromatic carbocycles. The van der Waals surface area contributed by atoms with Crippen LogP contribution in [0.4, 0.5) is 0 Å². The lowest BCUT2D eigenvalue weighted by atomic mass is 10.1. The SMILES string of the molecule is CCOc1ccc(CNS(=O)(=O)CC2CCCCO2)cc1Cl. The third-order valence-corrected chi connectivity index (χ3v) is 5.16. The van der Waals surface area contributed by atoms with Crippen LogP contribution < -0.4 is 9.46 Å². The maximum Gasteiger partial charge on any atom is 0.214 e. The van der Waals surface area contributed by atoms with Crippen molar-refractivity contribution in [2.75, 3.05) is 19.0 Å². The summed E-state index contributed by atoms with van der Waals surface area (Å²) < 4.78 is 37.6. The summed E-state index contributed by atoms with van der Waals surface area (Å²) in [5, 5.41) is 0.481. The highest BCUT2D eigenvalue weighted by Crippen LogP contribution is 2.25. The molecule has 1 unspecified atom stereocenters. The summed E-state index contributed by atoms with van der Waals surface area (Å²) in [6.07, 6.45) is 2.63. The Kier molecular flexibility index (Phi) is 6.50. The standard InChI is InChI=1S/C15H22ClNO4S/c1-2-20-15-7-6-12(9-14(15)16)10-17-22(18,19)11-13-5-3-4-8-21-13/h6-7,9,13,17H,2-5,8,10-11H2,1H3. The third kappa shape index (κ3) is 5.43. The van der Waals surface area contributed by atoms with Crippen molar-refractivity contribution in [2.24, 2.45) is 0 Å². The first-order valence-corrected chi connectivity index (χ1v) is 9.53. The molecule has 0 saturated carbocycles. The second-order valence-electron chi connectivity index (χ2n) is 5.29. The topological polar surface area (TPSA) is 64.6 Å². The van der Waals surface area contributed by atoms with E-state index in [-0.39, 0.29) is 18.4 Å². The monoisotopic (exact) mass is 347 g/mol. The Hall–Kier alpha value is -0.820. The first-order valence-electron chi connectivity index (χ1n) is 7.50. The van der Waals surface area contributed by atoms with Crippen molar-refractivity contribution < 1.29 is 17.9 Å². The first-order chi connectivity index (χ1) is 10.5. The van der Waals surface area contributed by atoms with Crippen molar-refractivity contribution >= 4 is 21.6 Å². The van der Waals surface area contributed by atoms with Gasteiger partial charge < -0.3 is 9.47 Å². The predicted molar refractivity (Wildman–Crippen MR) is 86.8 cm³/mol. The number of hydrogen-bond donors (Lipinski definition) is 1. The molecule has 0 amide bonds. The fraction of sp³-hybridized carbons (Fsp3) is 0.600. The summed E-state index contributed by atoms with van der Waals surface area (Å²) in [5.41, 5.74) is 0.793. The molecule has 0 aromatic heterocycles. The van der Waals surface area contributed by atoms with Gasteiger partial charge in [0.1, 0.15) is 5.75 Å². The van der Waals surface area contributed by atoms with Gasteiger partial charge in [-0.25, -0.2) is 13.1 Å². The summed E-state index contributed by atoms with van der Waals surface area (Å²) in [6, 6.07) is 5.27. The van der Waals surface area contributed by atoms with E-state index in [1.165, 1.54) is 0 Å². The highest BCUT2D eigenvalue weighted by molar-refractivity contribution is 7.89. The lowest BCUT2D eigenvalue weighted by Crippen LogP contribution is -2.34. The van der Waals surface area contributed by atoms with Crippen molar-refractivity contribution in [3.8, 4) is 5.75 Å². The Morgan fingerprint density at radius 3 is 2.86 bits per heavy atom. The van der Waals surface area contributed by atoms with Gasteiger partial charge in [-0.3, -0.25) is 0 Å². The summed E-state index contributed by atoms with van der Waals surface area (Å²) in [7, 11) is -3.36. The average Bonchev–Trinajstić information content (AvgIpc) is 2.48. The number of nitrogens with one attached hydrogen (secondary N) is 1. The molecule has 0 spiro atoms. The van der Waals surface area contributed by atoms with Crippen molar-refractivity contribution in [2.45, 2.75) is 38.8 Å². The quantitative estimate of drug-likeness (QED) is 0.823. The summed E-state index contributed by atoms with van der Waals surface area (Å²) in [4.78, 5) is 0. The zero-order chi connectivity index (χ0) is 16.0. The molecule has 1 saturated heterocycles. The van der Waals surface area contributed by atoms with Crippen LogP contribution in [0.5, 0.6) is 5.75 Å². The zero-order valence-corrected chi connectivity index (χ0v) is 14.3. The molecule has 0 aliphatic carbocycles. The molecule has 2 rings (SSSR count). The molecule has 1 atom stereocenters. The van der Waals surface area contributed by atoms with Gasteiger partial charge >= 0.3 is 0 Å². The molecule has 5 nitrogen and oxygen atoms in total. The Bertz CT molecular complexity index is 585. The van der Waals surface area contributed by atoms with E-state index in [1.807, 2.05) is 6.92 Å². The average molecular weight is 348 g/mol. The molecule has 0 bridgehead atoms. The van der Waals surface area contributed by atoms with E-state index in [0.717, 1.165) is 24.8 Å². The first kappa shape index (κ1) is 17.5. The van der Waals surface area contributed by atoms with E-state index in [9.17, 15) is 8.42 Å². The van der Waals surface area contributed by atoms with E-state index < -0.39 is 10.0 Å². The Morgan fingerprint density at radius 1 is 1.41 bits per heavy atom. The van der Waals surface area contributed by atoms with Gasteiger partial charge in [0, 0.05) is 13.2 Å². The van der Waals surface area contributed by atoms with Gasteiger partial charge in [0.05, 0.1) is 23.5 Å². The predicted octanol–water partition coefficient (Wildman–Crippen LogP) is 2.73. The minimum atomic E-state index is -3.36. The zero-order valence-electron chi connectivity index (χ0n) is 12.7. The summed E-state index contributed by atoms with van der Waals surface area (Å²) in [6.45, 7) is 3.27. The van der Waals surface area contributed by atoms with Crippen molar-refractivity contribution in [3.63, 3.8) is 0 Å². The number of benzene rings is 1. The highest BCUT2D eigenvalue weighted by Gasteiger charge is 2.21. The van der Waals surface area contributed by atoms with Gasteiger partial charge in [0.15, 0.2) is 0 Å². The second-order valence-corrected chi connectivity index (χ2v) is 7.55. The van der Waals surface area contributed by atoms with Crippen LogP contribution in [0, 0.1) is 0 Å². The van der Waals surface area contributed by atoms with Crippen LogP contribution in [0.25, 0.3) is 0 Å². The molecule has 0 radical (unpaired) electrons. The van der Waals surface area contributed by atoms with Gasteiger partial charge in [0.25, 0.3) is 0 Å². The molecule has 124 valence electrons. The minimum Gasteiger partial charge on any atom is -0.492 e. The van der Waals surface area contributed by atoms with Crippen molar-refractivity contribution in [1.29, 1.82) is 0 Å². The molecule has 22 heavy (non-hydrogen) atoms. The second kappa shape index (κ2) is 8.15. The Balaban J connectivity index is 1.89. The fourth-order valence-corrected chi connectivity index (χ4v) is 3.88.